The Morgan fingerprint density at radius 3 is 2.53 bits per heavy atom. The molecule has 0 aromatic carbocycles. The van der Waals surface area contributed by atoms with Crippen molar-refractivity contribution in [1.82, 2.24) is 15.3 Å². The second-order valence-electron chi connectivity index (χ2n) is 4.13. The maximum Gasteiger partial charge on any atom is 0.0373 e. The average molecular weight is 227 g/mol. The van der Waals surface area contributed by atoms with Crippen LogP contribution in [0.25, 0.3) is 0 Å². The Labute approximate surface area is 102 Å². The first-order valence-electron chi connectivity index (χ1n) is 5.78. The molecular weight excluding hydrogens is 210 g/mol. The van der Waals surface area contributed by atoms with E-state index in [4.69, 9.17) is 0 Å². The maximum atomic E-state index is 4.34. The highest BCUT2D eigenvalue weighted by Gasteiger charge is 2.09. The van der Waals surface area contributed by atoms with Crippen LogP contribution in [0, 0.1) is 6.92 Å². The van der Waals surface area contributed by atoms with Gasteiger partial charge in [0, 0.05) is 30.3 Å². The molecule has 0 aliphatic carbocycles. The first-order valence-corrected chi connectivity index (χ1v) is 5.78. The topological polar surface area (TPSA) is 37.8 Å². The van der Waals surface area contributed by atoms with Gasteiger partial charge in [0.15, 0.2) is 0 Å². The summed E-state index contributed by atoms with van der Waals surface area (Å²) in [5, 5.41) is 3.33. The maximum absolute atomic E-state index is 4.34. The first-order chi connectivity index (χ1) is 8.29. The fraction of sp³-hybridized carbons (Fsp3) is 0.286. The van der Waals surface area contributed by atoms with Gasteiger partial charge in [-0.2, -0.15) is 0 Å². The van der Waals surface area contributed by atoms with Gasteiger partial charge in [-0.3, -0.25) is 9.97 Å². The molecule has 0 radical (unpaired) electrons. The average Bonchev–Trinajstić information content (AvgIpc) is 2.38. The van der Waals surface area contributed by atoms with E-state index in [1.165, 1.54) is 11.1 Å². The first kappa shape index (κ1) is 11.7. The summed E-state index contributed by atoms with van der Waals surface area (Å²) in [4.78, 5) is 8.37. The molecule has 2 heterocycles. The lowest BCUT2D eigenvalue weighted by atomic mass is 10.0. The highest BCUT2D eigenvalue weighted by atomic mass is 14.9. The number of aryl methyl sites for hydroxylation is 1. The standard InChI is InChI=1S/C14H17N3/c1-11-3-4-13(10-17-11)14(15-2)9-12-5-7-16-8-6-12/h3-8,10,14-15H,9H2,1-2H3. The Morgan fingerprint density at radius 1 is 1.18 bits per heavy atom. The highest BCUT2D eigenvalue weighted by Crippen LogP contribution is 2.17. The monoisotopic (exact) mass is 227 g/mol. The summed E-state index contributed by atoms with van der Waals surface area (Å²) in [6.45, 7) is 2.00. The number of likely N-dealkylation sites (N-methyl/N-ethyl adjacent to an activating group) is 1. The van der Waals surface area contributed by atoms with E-state index in [1.54, 1.807) is 0 Å². The van der Waals surface area contributed by atoms with E-state index in [0.29, 0.717) is 6.04 Å². The number of hydrogen-bond acceptors (Lipinski definition) is 3. The van der Waals surface area contributed by atoms with Crippen molar-refractivity contribution in [2.75, 3.05) is 7.05 Å². The van der Waals surface area contributed by atoms with Crippen LogP contribution < -0.4 is 5.32 Å². The Balaban J connectivity index is 2.14. The van der Waals surface area contributed by atoms with Crippen molar-refractivity contribution in [3.63, 3.8) is 0 Å². The fourth-order valence-corrected chi connectivity index (χ4v) is 1.83. The smallest absolute Gasteiger partial charge is 0.0373 e. The van der Waals surface area contributed by atoms with E-state index in [1.807, 2.05) is 50.8 Å². The van der Waals surface area contributed by atoms with Crippen molar-refractivity contribution < 1.29 is 0 Å². The Kier molecular flexibility index (Phi) is 3.83. The van der Waals surface area contributed by atoms with Crippen LogP contribution in [-0.4, -0.2) is 17.0 Å². The fourth-order valence-electron chi connectivity index (χ4n) is 1.83. The molecule has 1 unspecified atom stereocenters. The molecule has 0 bridgehead atoms. The number of pyridine rings is 2. The lowest BCUT2D eigenvalue weighted by Gasteiger charge is -2.16. The molecule has 0 aliphatic heterocycles. The molecule has 2 aromatic rings. The predicted octanol–water partition coefficient (Wildman–Crippen LogP) is 2.29. The number of aromatic nitrogens is 2. The minimum atomic E-state index is 0.297. The zero-order chi connectivity index (χ0) is 12.1. The van der Waals surface area contributed by atoms with Gasteiger partial charge < -0.3 is 5.32 Å². The normalized spacial score (nSPS) is 12.4. The summed E-state index contributed by atoms with van der Waals surface area (Å²) >= 11 is 0. The predicted molar refractivity (Wildman–Crippen MR) is 68.7 cm³/mol. The summed E-state index contributed by atoms with van der Waals surface area (Å²) in [6.07, 6.45) is 6.55. The van der Waals surface area contributed by atoms with Crippen molar-refractivity contribution in [3.05, 3.63) is 59.7 Å². The van der Waals surface area contributed by atoms with Crippen molar-refractivity contribution >= 4 is 0 Å². The van der Waals surface area contributed by atoms with Crippen LogP contribution in [0.3, 0.4) is 0 Å². The Hall–Kier alpha value is -1.74. The zero-order valence-corrected chi connectivity index (χ0v) is 10.2. The minimum Gasteiger partial charge on any atom is -0.313 e. The van der Waals surface area contributed by atoms with E-state index in [0.717, 1.165) is 12.1 Å². The molecule has 1 N–H and O–H groups in total. The van der Waals surface area contributed by atoms with Crippen molar-refractivity contribution in [2.24, 2.45) is 0 Å². The van der Waals surface area contributed by atoms with Gasteiger partial charge in [0.05, 0.1) is 0 Å². The SMILES string of the molecule is CNC(Cc1ccncc1)c1ccc(C)nc1. The molecular formula is C14H17N3. The number of nitrogens with one attached hydrogen (secondary N) is 1. The molecule has 0 spiro atoms. The van der Waals surface area contributed by atoms with Gasteiger partial charge in [-0.15, -0.1) is 0 Å². The molecule has 3 heteroatoms. The Bertz CT molecular complexity index is 451. The summed E-state index contributed by atoms with van der Waals surface area (Å²) in [7, 11) is 1.98. The molecule has 2 rings (SSSR count). The quantitative estimate of drug-likeness (QED) is 0.870. The summed E-state index contributed by atoms with van der Waals surface area (Å²) in [6, 6.07) is 8.57. The third-order valence-electron chi connectivity index (χ3n) is 2.87. The van der Waals surface area contributed by atoms with Crippen LogP contribution in [0.5, 0.6) is 0 Å². The number of nitrogens with zero attached hydrogens (tertiary/aromatic N) is 2. The summed E-state index contributed by atoms with van der Waals surface area (Å²) in [5.41, 5.74) is 3.54. The van der Waals surface area contributed by atoms with Crippen LogP contribution in [-0.2, 0) is 6.42 Å². The van der Waals surface area contributed by atoms with Crippen molar-refractivity contribution in [2.45, 2.75) is 19.4 Å². The molecule has 0 amide bonds. The minimum absolute atomic E-state index is 0.297. The largest absolute Gasteiger partial charge is 0.313 e. The van der Waals surface area contributed by atoms with E-state index in [9.17, 15) is 0 Å². The van der Waals surface area contributed by atoms with Gasteiger partial charge >= 0.3 is 0 Å². The van der Waals surface area contributed by atoms with Crippen molar-refractivity contribution in [3.8, 4) is 0 Å². The molecule has 0 saturated heterocycles. The molecule has 88 valence electrons. The van der Waals surface area contributed by atoms with E-state index < -0.39 is 0 Å². The van der Waals surface area contributed by atoms with Crippen LogP contribution >= 0.6 is 0 Å². The number of hydrogen-bond donors (Lipinski definition) is 1. The Morgan fingerprint density at radius 2 is 1.94 bits per heavy atom. The van der Waals surface area contributed by atoms with Gasteiger partial charge in [-0.1, -0.05) is 6.07 Å². The van der Waals surface area contributed by atoms with Crippen LogP contribution in [0.1, 0.15) is 22.9 Å². The zero-order valence-electron chi connectivity index (χ0n) is 10.2. The molecule has 1 atom stereocenters. The van der Waals surface area contributed by atoms with E-state index in [2.05, 4.69) is 21.4 Å². The van der Waals surface area contributed by atoms with Gasteiger partial charge in [0.2, 0.25) is 0 Å². The van der Waals surface area contributed by atoms with Gasteiger partial charge in [-0.05, 0) is 49.7 Å². The summed E-state index contributed by atoms with van der Waals surface area (Å²) < 4.78 is 0. The van der Waals surface area contributed by atoms with Gasteiger partial charge in [0.25, 0.3) is 0 Å². The molecule has 0 fully saturated rings. The molecule has 17 heavy (non-hydrogen) atoms. The lowest BCUT2D eigenvalue weighted by molar-refractivity contribution is 0.589. The van der Waals surface area contributed by atoms with E-state index in [-0.39, 0.29) is 0 Å². The van der Waals surface area contributed by atoms with Gasteiger partial charge in [0.1, 0.15) is 0 Å². The van der Waals surface area contributed by atoms with Crippen LogP contribution in [0.4, 0.5) is 0 Å². The second-order valence-corrected chi connectivity index (χ2v) is 4.13. The van der Waals surface area contributed by atoms with Gasteiger partial charge in [-0.25, -0.2) is 0 Å². The second kappa shape index (κ2) is 5.55. The third-order valence-corrected chi connectivity index (χ3v) is 2.87. The lowest BCUT2D eigenvalue weighted by Crippen LogP contribution is -2.19. The number of rotatable bonds is 4. The van der Waals surface area contributed by atoms with E-state index >= 15 is 0 Å². The van der Waals surface area contributed by atoms with Crippen LogP contribution in [0.2, 0.25) is 0 Å². The van der Waals surface area contributed by atoms with Crippen LogP contribution in [0.15, 0.2) is 42.9 Å². The third kappa shape index (κ3) is 3.11. The highest BCUT2D eigenvalue weighted by molar-refractivity contribution is 5.21. The molecule has 2 aromatic heterocycles. The molecule has 0 saturated carbocycles. The van der Waals surface area contributed by atoms with Crippen molar-refractivity contribution in [1.29, 1.82) is 0 Å². The molecule has 3 nitrogen and oxygen atoms in total. The summed E-state index contributed by atoms with van der Waals surface area (Å²) in [5.74, 6) is 0. The molecule has 0 aliphatic rings.